The van der Waals surface area contributed by atoms with Crippen LogP contribution in [0.1, 0.15) is 25.7 Å². The molecule has 1 aromatic heterocycles. The quantitative estimate of drug-likeness (QED) is 0.886. The van der Waals surface area contributed by atoms with Gasteiger partial charge in [0.25, 0.3) is 0 Å². The molecule has 1 aliphatic rings. The van der Waals surface area contributed by atoms with Crippen LogP contribution in [-0.2, 0) is 0 Å². The smallest absolute Gasteiger partial charge is 0.0950 e. The Kier molecular flexibility index (Phi) is 3.60. The van der Waals surface area contributed by atoms with E-state index in [2.05, 4.69) is 21.6 Å². The maximum atomic E-state index is 6.03. The molecule has 0 bridgehead atoms. The van der Waals surface area contributed by atoms with Gasteiger partial charge in [-0.15, -0.1) is 0 Å². The molecule has 2 aromatic rings. The summed E-state index contributed by atoms with van der Waals surface area (Å²) in [6, 6.07) is 8.48. The fraction of sp³-hybridized carbons (Fsp3) is 0.467. The predicted octanol–water partition coefficient (Wildman–Crippen LogP) is 2.56. The lowest BCUT2D eigenvalue weighted by Crippen LogP contribution is -2.31. The number of nitrogens with one attached hydrogen (secondary N) is 1. The number of hydrogen-bond donors (Lipinski definition) is 2. The third-order valence-electron chi connectivity index (χ3n) is 3.95. The van der Waals surface area contributed by atoms with Gasteiger partial charge in [-0.1, -0.05) is 24.6 Å². The van der Waals surface area contributed by atoms with Crippen molar-refractivity contribution >= 4 is 16.6 Å². The first-order valence-electron chi connectivity index (χ1n) is 7.03. The second-order valence-corrected chi connectivity index (χ2v) is 5.45. The highest BCUT2D eigenvalue weighted by Crippen LogP contribution is 2.25. The van der Waals surface area contributed by atoms with Crippen molar-refractivity contribution in [2.75, 3.05) is 11.9 Å². The van der Waals surface area contributed by atoms with Gasteiger partial charge in [-0.05, 0) is 31.2 Å². The maximum absolute atomic E-state index is 6.03. The summed E-state index contributed by atoms with van der Waals surface area (Å²) in [5.41, 5.74) is 8.05. The molecule has 4 heteroatoms. The lowest BCUT2D eigenvalue weighted by Gasteiger charge is -2.27. The van der Waals surface area contributed by atoms with E-state index < -0.39 is 0 Å². The molecule has 1 aromatic carbocycles. The molecule has 4 nitrogen and oxygen atoms in total. The predicted molar refractivity (Wildman–Crippen MR) is 78.0 cm³/mol. The van der Waals surface area contributed by atoms with Gasteiger partial charge < -0.3 is 11.1 Å². The van der Waals surface area contributed by atoms with Crippen molar-refractivity contribution in [2.45, 2.75) is 31.7 Å². The van der Waals surface area contributed by atoms with E-state index in [4.69, 9.17) is 5.73 Å². The number of rotatable bonds is 3. The summed E-state index contributed by atoms with van der Waals surface area (Å²) < 4.78 is 0. The molecule has 0 spiro atoms. The van der Waals surface area contributed by atoms with E-state index in [9.17, 15) is 0 Å². The molecular formula is C15H20N4. The molecule has 0 amide bonds. The number of anilines is 1. The van der Waals surface area contributed by atoms with Gasteiger partial charge >= 0.3 is 0 Å². The van der Waals surface area contributed by atoms with Crippen molar-refractivity contribution in [1.29, 1.82) is 0 Å². The first kappa shape index (κ1) is 12.4. The second kappa shape index (κ2) is 5.53. The minimum Gasteiger partial charge on any atom is -0.383 e. The molecule has 0 aliphatic heterocycles. The van der Waals surface area contributed by atoms with Gasteiger partial charge in [-0.3, -0.25) is 0 Å². The SMILES string of the molecule is NC1CCCC(CNc2cnnc3ccccc23)C1. The summed E-state index contributed by atoms with van der Waals surface area (Å²) >= 11 is 0. The molecule has 1 heterocycles. The lowest BCUT2D eigenvalue weighted by atomic mass is 9.86. The van der Waals surface area contributed by atoms with Crippen molar-refractivity contribution in [3.8, 4) is 0 Å². The average molecular weight is 256 g/mol. The minimum atomic E-state index is 0.382. The lowest BCUT2D eigenvalue weighted by molar-refractivity contribution is 0.335. The maximum Gasteiger partial charge on any atom is 0.0950 e. The molecule has 0 saturated heterocycles. The number of nitrogens with two attached hydrogens (primary N) is 1. The van der Waals surface area contributed by atoms with E-state index in [1.807, 2.05) is 24.4 Å². The van der Waals surface area contributed by atoms with E-state index >= 15 is 0 Å². The summed E-state index contributed by atoms with van der Waals surface area (Å²) in [7, 11) is 0. The highest BCUT2D eigenvalue weighted by atomic mass is 15.1. The van der Waals surface area contributed by atoms with Gasteiger partial charge in [0.15, 0.2) is 0 Å². The van der Waals surface area contributed by atoms with Crippen LogP contribution in [0.25, 0.3) is 10.9 Å². The minimum absolute atomic E-state index is 0.382. The van der Waals surface area contributed by atoms with Crippen molar-refractivity contribution in [3.05, 3.63) is 30.5 Å². The van der Waals surface area contributed by atoms with Gasteiger partial charge in [0.2, 0.25) is 0 Å². The number of benzene rings is 1. The number of nitrogens with zero attached hydrogens (tertiary/aromatic N) is 2. The monoisotopic (exact) mass is 256 g/mol. The first-order chi connectivity index (χ1) is 9.33. The summed E-state index contributed by atoms with van der Waals surface area (Å²) in [5.74, 6) is 0.677. The Morgan fingerprint density at radius 1 is 1.26 bits per heavy atom. The molecule has 2 unspecified atom stereocenters. The molecule has 100 valence electrons. The van der Waals surface area contributed by atoms with E-state index in [1.165, 1.54) is 19.3 Å². The van der Waals surface area contributed by atoms with Crippen LogP contribution in [-0.4, -0.2) is 22.8 Å². The molecular weight excluding hydrogens is 236 g/mol. The molecule has 1 aliphatic carbocycles. The molecule has 1 saturated carbocycles. The Hall–Kier alpha value is -1.68. The Bertz CT molecular complexity index is 549. The zero-order valence-corrected chi connectivity index (χ0v) is 11.0. The third kappa shape index (κ3) is 2.84. The number of aromatic nitrogens is 2. The summed E-state index contributed by atoms with van der Waals surface area (Å²) in [6.45, 7) is 0.976. The van der Waals surface area contributed by atoms with E-state index in [0.717, 1.165) is 29.6 Å². The second-order valence-electron chi connectivity index (χ2n) is 5.45. The summed E-state index contributed by atoms with van der Waals surface area (Å²) in [4.78, 5) is 0. The molecule has 1 fully saturated rings. The third-order valence-corrected chi connectivity index (χ3v) is 3.95. The average Bonchev–Trinajstić information content (AvgIpc) is 2.45. The standard InChI is InChI=1S/C15H20N4/c16-12-5-3-4-11(8-12)9-17-15-10-18-19-14-7-2-1-6-13(14)15/h1-2,6-7,10-12H,3-5,8-9,16H2,(H,17,19). The number of hydrogen-bond acceptors (Lipinski definition) is 4. The topological polar surface area (TPSA) is 63.8 Å². The number of fused-ring (bicyclic) bond motifs is 1. The molecule has 3 N–H and O–H groups in total. The summed E-state index contributed by atoms with van der Waals surface area (Å²) in [6.07, 6.45) is 6.64. The zero-order valence-electron chi connectivity index (χ0n) is 11.0. The van der Waals surface area contributed by atoms with Gasteiger partial charge in [0.1, 0.15) is 0 Å². The first-order valence-corrected chi connectivity index (χ1v) is 7.03. The Morgan fingerprint density at radius 2 is 2.16 bits per heavy atom. The Labute approximate surface area is 113 Å². The van der Waals surface area contributed by atoms with E-state index in [1.54, 1.807) is 0 Å². The zero-order chi connectivity index (χ0) is 13.1. The van der Waals surface area contributed by atoms with Gasteiger partial charge in [-0.25, -0.2) is 0 Å². The van der Waals surface area contributed by atoms with Crippen LogP contribution >= 0.6 is 0 Å². The van der Waals surface area contributed by atoms with Crippen molar-refractivity contribution < 1.29 is 0 Å². The fourth-order valence-corrected chi connectivity index (χ4v) is 2.92. The van der Waals surface area contributed by atoms with E-state index in [0.29, 0.717) is 12.0 Å². The largest absolute Gasteiger partial charge is 0.383 e. The fourth-order valence-electron chi connectivity index (χ4n) is 2.92. The molecule has 19 heavy (non-hydrogen) atoms. The Balaban J connectivity index is 1.71. The van der Waals surface area contributed by atoms with Crippen LogP contribution in [0.4, 0.5) is 5.69 Å². The molecule has 3 rings (SSSR count). The van der Waals surface area contributed by atoms with Crippen molar-refractivity contribution in [2.24, 2.45) is 11.7 Å². The summed E-state index contributed by atoms with van der Waals surface area (Å²) in [5, 5.41) is 12.8. The molecule has 2 atom stereocenters. The van der Waals surface area contributed by atoms with Gasteiger partial charge in [-0.2, -0.15) is 10.2 Å². The Morgan fingerprint density at radius 3 is 3.05 bits per heavy atom. The van der Waals surface area contributed by atoms with Crippen LogP contribution in [0.5, 0.6) is 0 Å². The van der Waals surface area contributed by atoms with Crippen molar-refractivity contribution in [1.82, 2.24) is 10.2 Å². The van der Waals surface area contributed by atoms with E-state index in [-0.39, 0.29) is 0 Å². The van der Waals surface area contributed by atoms with Crippen molar-refractivity contribution in [3.63, 3.8) is 0 Å². The normalized spacial score (nSPS) is 23.4. The van der Waals surface area contributed by atoms with Gasteiger partial charge in [0, 0.05) is 18.0 Å². The van der Waals surface area contributed by atoms with Gasteiger partial charge in [0.05, 0.1) is 17.4 Å². The van der Waals surface area contributed by atoms with Crippen LogP contribution in [0.3, 0.4) is 0 Å². The highest BCUT2D eigenvalue weighted by Gasteiger charge is 2.19. The molecule has 0 radical (unpaired) electrons. The van der Waals surface area contributed by atoms with Crippen LogP contribution < -0.4 is 11.1 Å². The van der Waals surface area contributed by atoms with Crippen LogP contribution in [0.2, 0.25) is 0 Å². The van der Waals surface area contributed by atoms with Crippen LogP contribution in [0.15, 0.2) is 30.5 Å². The highest BCUT2D eigenvalue weighted by molar-refractivity contribution is 5.90. The van der Waals surface area contributed by atoms with Crippen LogP contribution in [0, 0.1) is 5.92 Å².